The number of β-amino-alcohol motifs (C(OH)–C–C–N with tert-alkyl or cyclic N) is 1. The molecule has 1 saturated heterocycles. The molecule has 0 bridgehead atoms. The Kier molecular flexibility index (Phi) is 3.23. The second-order valence-electron chi connectivity index (χ2n) is 4.71. The van der Waals surface area contributed by atoms with E-state index in [1.807, 2.05) is 0 Å². The highest BCUT2D eigenvalue weighted by molar-refractivity contribution is 4.80. The molecule has 1 aliphatic heterocycles. The van der Waals surface area contributed by atoms with Crippen LogP contribution in [-0.4, -0.2) is 24.3 Å². The minimum absolute atomic E-state index is 0.0682. The Hall–Kier alpha value is -0.0800. The lowest BCUT2D eigenvalue weighted by Crippen LogP contribution is -2.18. The molecule has 2 N–H and O–H groups in total. The molecule has 0 aromatic carbocycles. The summed E-state index contributed by atoms with van der Waals surface area (Å²) in [6, 6.07) is 0. The Morgan fingerprint density at radius 3 is 2.54 bits per heavy atom. The average Bonchev–Trinajstić information content (AvgIpc) is 2.42. The molecule has 0 unspecified atom stereocenters. The van der Waals surface area contributed by atoms with Gasteiger partial charge in [-0.2, -0.15) is 0 Å². The van der Waals surface area contributed by atoms with Gasteiger partial charge in [-0.05, 0) is 18.3 Å². The van der Waals surface area contributed by atoms with E-state index in [4.69, 9.17) is 0 Å². The van der Waals surface area contributed by atoms with Crippen LogP contribution in [0.15, 0.2) is 0 Å². The molecular weight excluding hydrogens is 162 g/mol. The van der Waals surface area contributed by atoms with Crippen LogP contribution in [0.3, 0.4) is 0 Å². The molecule has 0 amide bonds. The first-order valence-corrected chi connectivity index (χ1v) is 5.75. The smallest absolute Gasteiger partial charge is 0.0704 e. The molecule has 1 saturated carbocycles. The van der Waals surface area contributed by atoms with E-state index in [1.54, 1.807) is 0 Å². The van der Waals surface area contributed by atoms with E-state index in [0.29, 0.717) is 5.92 Å². The van der Waals surface area contributed by atoms with Crippen molar-refractivity contribution in [1.29, 1.82) is 0 Å². The van der Waals surface area contributed by atoms with Crippen molar-refractivity contribution in [3.8, 4) is 0 Å². The Bertz CT molecular complexity index is 156. The fourth-order valence-corrected chi connectivity index (χ4v) is 2.46. The minimum Gasteiger partial charge on any atom is -0.391 e. The standard InChI is InChI=1S/C11H21NO/c13-11-8-12-7-10(11)6-2-5-9-3-1-4-9/h9-13H,1-8H2/t10-,11-/m1/s1. The second-order valence-corrected chi connectivity index (χ2v) is 4.71. The van der Waals surface area contributed by atoms with E-state index >= 15 is 0 Å². The average molecular weight is 183 g/mol. The number of rotatable bonds is 4. The quantitative estimate of drug-likeness (QED) is 0.693. The molecule has 13 heavy (non-hydrogen) atoms. The highest BCUT2D eigenvalue weighted by atomic mass is 16.3. The van der Waals surface area contributed by atoms with Gasteiger partial charge in [0.1, 0.15) is 0 Å². The maximum absolute atomic E-state index is 9.56. The van der Waals surface area contributed by atoms with Crippen molar-refractivity contribution in [3.63, 3.8) is 0 Å². The van der Waals surface area contributed by atoms with Crippen molar-refractivity contribution in [1.82, 2.24) is 5.32 Å². The van der Waals surface area contributed by atoms with Gasteiger partial charge in [0.2, 0.25) is 0 Å². The van der Waals surface area contributed by atoms with E-state index in [-0.39, 0.29) is 6.10 Å². The molecule has 2 nitrogen and oxygen atoms in total. The molecule has 0 aromatic rings. The monoisotopic (exact) mass is 183 g/mol. The largest absolute Gasteiger partial charge is 0.391 e. The van der Waals surface area contributed by atoms with Crippen LogP contribution in [-0.2, 0) is 0 Å². The maximum atomic E-state index is 9.56. The van der Waals surface area contributed by atoms with Crippen LogP contribution in [0.4, 0.5) is 0 Å². The van der Waals surface area contributed by atoms with Gasteiger partial charge in [0.15, 0.2) is 0 Å². The molecule has 1 heterocycles. The molecule has 2 atom stereocenters. The van der Waals surface area contributed by atoms with Crippen molar-refractivity contribution in [2.24, 2.45) is 11.8 Å². The van der Waals surface area contributed by atoms with Crippen LogP contribution in [0.25, 0.3) is 0 Å². The predicted octanol–water partition coefficient (Wildman–Crippen LogP) is 1.54. The van der Waals surface area contributed by atoms with Crippen LogP contribution < -0.4 is 5.32 Å². The molecular formula is C11H21NO. The molecule has 2 aliphatic rings. The van der Waals surface area contributed by atoms with Gasteiger partial charge in [-0.1, -0.05) is 32.1 Å². The zero-order chi connectivity index (χ0) is 9.10. The van der Waals surface area contributed by atoms with Crippen LogP contribution in [0.5, 0.6) is 0 Å². The maximum Gasteiger partial charge on any atom is 0.0704 e. The first-order chi connectivity index (χ1) is 6.36. The Balaban J connectivity index is 1.56. The number of aliphatic hydroxyl groups is 1. The van der Waals surface area contributed by atoms with Crippen molar-refractivity contribution in [2.45, 2.75) is 44.6 Å². The summed E-state index contributed by atoms with van der Waals surface area (Å²) in [6.45, 7) is 1.85. The highest BCUT2D eigenvalue weighted by Crippen LogP contribution is 2.31. The Morgan fingerprint density at radius 2 is 2.00 bits per heavy atom. The zero-order valence-electron chi connectivity index (χ0n) is 8.34. The summed E-state index contributed by atoms with van der Waals surface area (Å²) < 4.78 is 0. The SMILES string of the molecule is O[C@@H]1CNC[C@H]1CCCC1CCC1. The number of aliphatic hydroxyl groups excluding tert-OH is 1. The molecule has 0 spiro atoms. The summed E-state index contributed by atoms with van der Waals surface area (Å²) in [5.74, 6) is 1.58. The molecule has 76 valence electrons. The number of nitrogens with one attached hydrogen (secondary N) is 1. The van der Waals surface area contributed by atoms with Gasteiger partial charge in [-0.15, -0.1) is 0 Å². The van der Waals surface area contributed by atoms with Gasteiger partial charge < -0.3 is 10.4 Å². The van der Waals surface area contributed by atoms with Crippen LogP contribution in [0.1, 0.15) is 38.5 Å². The third-order valence-corrected chi connectivity index (χ3v) is 3.72. The fraction of sp³-hybridized carbons (Fsp3) is 1.00. The third-order valence-electron chi connectivity index (χ3n) is 3.72. The van der Waals surface area contributed by atoms with Gasteiger partial charge >= 0.3 is 0 Å². The molecule has 0 aromatic heterocycles. The minimum atomic E-state index is -0.0682. The van der Waals surface area contributed by atoms with Crippen LogP contribution in [0.2, 0.25) is 0 Å². The van der Waals surface area contributed by atoms with Gasteiger partial charge in [-0.3, -0.25) is 0 Å². The van der Waals surface area contributed by atoms with Gasteiger partial charge in [0.25, 0.3) is 0 Å². The fourth-order valence-electron chi connectivity index (χ4n) is 2.46. The van der Waals surface area contributed by atoms with E-state index in [2.05, 4.69) is 5.32 Å². The van der Waals surface area contributed by atoms with E-state index in [9.17, 15) is 5.11 Å². The number of hydrogen-bond donors (Lipinski definition) is 2. The van der Waals surface area contributed by atoms with Crippen molar-refractivity contribution < 1.29 is 5.11 Å². The van der Waals surface area contributed by atoms with Gasteiger partial charge in [0.05, 0.1) is 6.10 Å². The van der Waals surface area contributed by atoms with Gasteiger partial charge in [-0.25, -0.2) is 0 Å². The first-order valence-electron chi connectivity index (χ1n) is 5.75. The summed E-state index contributed by atoms with van der Waals surface area (Å²) in [5.41, 5.74) is 0. The highest BCUT2D eigenvalue weighted by Gasteiger charge is 2.25. The van der Waals surface area contributed by atoms with Crippen LogP contribution in [0, 0.1) is 11.8 Å². The predicted molar refractivity (Wildman–Crippen MR) is 53.6 cm³/mol. The Labute approximate surface area is 80.7 Å². The van der Waals surface area contributed by atoms with E-state index in [0.717, 1.165) is 19.0 Å². The van der Waals surface area contributed by atoms with E-state index in [1.165, 1.54) is 38.5 Å². The topological polar surface area (TPSA) is 32.3 Å². The first kappa shape index (κ1) is 9.47. The van der Waals surface area contributed by atoms with Crippen molar-refractivity contribution in [3.05, 3.63) is 0 Å². The lowest BCUT2D eigenvalue weighted by atomic mass is 9.81. The summed E-state index contributed by atoms with van der Waals surface area (Å²) >= 11 is 0. The summed E-state index contributed by atoms with van der Waals surface area (Å²) in [4.78, 5) is 0. The van der Waals surface area contributed by atoms with Crippen molar-refractivity contribution >= 4 is 0 Å². The summed E-state index contributed by atoms with van der Waals surface area (Å²) in [5, 5.41) is 12.8. The zero-order valence-corrected chi connectivity index (χ0v) is 8.34. The van der Waals surface area contributed by atoms with Crippen LogP contribution >= 0.6 is 0 Å². The molecule has 2 fully saturated rings. The molecule has 2 heteroatoms. The Morgan fingerprint density at radius 1 is 1.15 bits per heavy atom. The molecule has 1 aliphatic carbocycles. The number of hydrogen-bond acceptors (Lipinski definition) is 2. The summed E-state index contributed by atoms with van der Waals surface area (Å²) in [6.07, 6.45) is 8.28. The van der Waals surface area contributed by atoms with Crippen molar-refractivity contribution in [2.75, 3.05) is 13.1 Å². The third kappa shape index (κ3) is 2.44. The van der Waals surface area contributed by atoms with Gasteiger partial charge in [0, 0.05) is 13.1 Å². The molecule has 0 radical (unpaired) electrons. The lowest BCUT2D eigenvalue weighted by Gasteiger charge is -2.25. The second kappa shape index (κ2) is 4.43. The molecule has 2 rings (SSSR count). The van der Waals surface area contributed by atoms with E-state index < -0.39 is 0 Å². The summed E-state index contributed by atoms with van der Waals surface area (Å²) in [7, 11) is 0. The lowest BCUT2D eigenvalue weighted by molar-refractivity contribution is 0.138. The normalized spacial score (nSPS) is 34.8.